The molecule has 2 nitrogen and oxygen atoms in total. The monoisotopic (exact) mass is 307 g/mol. The van der Waals surface area contributed by atoms with Crippen LogP contribution in [-0.2, 0) is 0 Å². The number of halogens is 2. The highest BCUT2D eigenvalue weighted by Gasteiger charge is 2.21. The molecule has 0 aliphatic rings. The van der Waals surface area contributed by atoms with Crippen LogP contribution in [0.1, 0.15) is 27.5 Å². The average Bonchev–Trinajstić information content (AvgIpc) is 2.46. The number of amides is 1. The second kappa shape index (κ2) is 6.78. The zero-order valence-electron chi connectivity index (χ0n) is 11.0. The maximum absolute atomic E-state index is 12.2. The van der Waals surface area contributed by atoms with Gasteiger partial charge in [-0.1, -0.05) is 48.0 Å². The van der Waals surface area contributed by atoms with Crippen molar-refractivity contribution in [3.05, 3.63) is 71.3 Å². The molecule has 4 heteroatoms. The molecule has 0 aliphatic carbocycles. The molecule has 2 aromatic rings. The number of nitrogens with one attached hydrogen (secondary N) is 1. The molecule has 0 aromatic heterocycles. The van der Waals surface area contributed by atoms with E-state index in [9.17, 15) is 4.79 Å². The first-order chi connectivity index (χ1) is 9.58. The minimum atomic E-state index is -0.717. The van der Waals surface area contributed by atoms with E-state index >= 15 is 0 Å². The molecule has 20 heavy (non-hydrogen) atoms. The molecule has 1 N–H and O–H groups in total. The topological polar surface area (TPSA) is 29.1 Å². The van der Waals surface area contributed by atoms with E-state index in [1.807, 2.05) is 49.4 Å². The predicted molar refractivity (Wildman–Crippen MR) is 83.3 cm³/mol. The molecule has 0 bridgehead atoms. The zero-order valence-corrected chi connectivity index (χ0v) is 12.5. The molecule has 1 atom stereocenters. The number of carbonyl (C=O) groups is 1. The smallest absolute Gasteiger partial charge is 0.251 e. The number of benzene rings is 2. The fourth-order valence-electron chi connectivity index (χ4n) is 1.88. The van der Waals surface area contributed by atoms with Gasteiger partial charge in [0.1, 0.15) is 4.84 Å². The highest BCUT2D eigenvalue weighted by molar-refractivity contribution is 6.44. The Balaban J connectivity index is 2.18. The number of hydrogen-bond acceptors (Lipinski definition) is 1. The van der Waals surface area contributed by atoms with Crippen molar-refractivity contribution >= 4 is 29.1 Å². The van der Waals surface area contributed by atoms with Crippen molar-refractivity contribution < 1.29 is 4.79 Å². The summed E-state index contributed by atoms with van der Waals surface area (Å²) >= 11 is 12.0. The summed E-state index contributed by atoms with van der Waals surface area (Å²) in [5, 5.41) is 2.87. The van der Waals surface area contributed by atoms with Gasteiger partial charge in [-0.05, 0) is 24.6 Å². The maximum Gasteiger partial charge on any atom is 0.251 e. The van der Waals surface area contributed by atoms with Crippen LogP contribution in [0.2, 0.25) is 0 Å². The van der Waals surface area contributed by atoms with Gasteiger partial charge in [0.2, 0.25) is 0 Å². The predicted octanol–water partition coefficient (Wildman–Crippen LogP) is 4.27. The molecule has 1 amide bonds. The van der Waals surface area contributed by atoms with Gasteiger partial charge in [0.25, 0.3) is 5.91 Å². The molecule has 2 rings (SSSR count). The SMILES string of the molecule is Cc1ccc([C@@H](NC(=O)c2ccccc2)C(Cl)Cl)cc1. The minimum absolute atomic E-state index is 0.192. The summed E-state index contributed by atoms with van der Waals surface area (Å²) in [7, 11) is 0. The lowest BCUT2D eigenvalue weighted by Crippen LogP contribution is -2.32. The third-order valence-electron chi connectivity index (χ3n) is 3.01. The van der Waals surface area contributed by atoms with Crippen LogP contribution < -0.4 is 5.32 Å². The Morgan fingerprint density at radius 1 is 1.00 bits per heavy atom. The van der Waals surface area contributed by atoms with Crippen molar-refractivity contribution in [2.75, 3.05) is 0 Å². The van der Waals surface area contributed by atoms with Gasteiger partial charge in [-0.3, -0.25) is 4.79 Å². The quantitative estimate of drug-likeness (QED) is 0.840. The van der Waals surface area contributed by atoms with Crippen LogP contribution in [0.4, 0.5) is 0 Å². The van der Waals surface area contributed by atoms with Crippen molar-refractivity contribution in [1.82, 2.24) is 5.32 Å². The Labute approximate surface area is 128 Å². The fraction of sp³-hybridized carbons (Fsp3) is 0.188. The van der Waals surface area contributed by atoms with E-state index in [1.165, 1.54) is 0 Å². The van der Waals surface area contributed by atoms with E-state index in [0.717, 1.165) is 11.1 Å². The Morgan fingerprint density at radius 2 is 1.60 bits per heavy atom. The van der Waals surface area contributed by atoms with Crippen LogP contribution in [0, 0.1) is 6.92 Å². The van der Waals surface area contributed by atoms with Gasteiger partial charge < -0.3 is 5.32 Å². The Bertz CT molecular complexity index is 567. The van der Waals surface area contributed by atoms with E-state index in [2.05, 4.69) is 5.32 Å². The molecular weight excluding hydrogens is 293 g/mol. The standard InChI is InChI=1S/C16H15Cl2NO/c1-11-7-9-12(10-8-11)14(15(17)18)19-16(20)13-5-3-2-4-6-13/h2-10,14-15H,1H3,(H,19,20)/t14-/m1/s1. The van der Waals surface area contributed by atoms with Crippen LogP contribution in [0.25, 0.3) is 0 Å². The molecule has 0 spiro atoms. The van der Waals surface area contributed by atoms with Crippen molar-refractivity contribution in [3.63, 3.8) is 0 Å². The molecule has 0 saturated heterocycles. The molecule has 0 fully saturated rings. The average molecular weight is 308 g/mol. The van der Waals surface area contributed by atoms with Gasteiger partial charge in [0.05, 0.1) is 6.04 Å². The summed E-state index contributed by atoms with van der Waals surface area (Å²) < 4.78 is 0. The third-order valence-corrected chi connectivity index (χ3v) is 3.51. The molecule has 0 unspecified atom stereocenters. The van der Waals surface area contributed by atoms with Gasteiger partial charge in [-0.15, -0.1) is 23.2 Å². The minimum Gasteiger partial charge on any atom is -0.342 e. The third kappa shape index (κ3) is 3.75. The number of alkyl halides is 2. The summed E-state index contributed by atoms with van der Waals surface area (Å²) in [5.41, 5.74) is 2.61. The van der Waals surface area contributed by atoms with Gasteiger partial charge >= 0.3 is 0 Å². The lowest BCUT2D eigenvalue weighted by molar-refractivity contribution is 0.0939. The summed E-state index contributed by atoms with van der Waals surface area (Å²) in [6.45, 7) is 2.00. The van der Waals surface area contributed by atoms with Crippen LogP contribution in [0.3, 0.4) is 0 Å². The van der Waals surface area contributed by atoms with E-state index in [-0.39, 0.29) is 5.91 Å². The number of carbonyl (C=O) groups excluding carboxylic acids is 1. The Morgan fingerprint density at radius 3 is 2.15 bits per heavy atom. The molecule has 0 radical (unpaired) electrons. The maximum atomic E-state index is 12.2. The van der Waals surface area contributed by atoms with E-state index < -0.39 is 10.9 Å². The molecule has 0 heterocycles. The van der Waals surface area contributed by atoms with Crippen LogP contribution in [-0.4, -0.2) is 10.7 Å². The number of hydrogen-bond donors (Lipinski definition) is 1. The van der Waals surface area contributed by atoms with Crippen molar-refractivity contribution in [2.24, 2.45) is 0 Å². The first-order valence-electron chi connectivity index (χ1n) is 6.28. The number of aryl methyl sites for hydroxylation is 1. The van der Waals surface area contributed by atoms with Gasteiger partial charge in [0.15, 0.2) is 0 Å². The van der Waals surface area contributed by atoms with Gasteiger partial charge in [-0.2, -0.15) is 0 Å². The lowest BCUT2D eigenvalue weighted by atomic mass is 10.1. The summed E-state index contributed by atoms with van der Waals surface area (Å²) in [6, 6.07) is 16.3. The lowest BCUT2D eigenvalue weighted by Gasteiger charge is -2.20. The highest BCUT2D eigenvalue weighted by Crippen LogP contribution is 2.25. The van der Waals surface area contributed by atoms with Gasteiger partial charge in [0, 0.05) is 5.56 Å². The molecule has 0 saturated carbocycles. The first-order valence-corrected chi connectivity index (χ1v) is 7.16. The van der Waals surface area contributed by atoms with Crippen LogP contribution in [0.5, 0.6) is 0 Å². The van der Waals surface area contributed by atoms with Crippen molar-refractivity contribution in [2.45, 2.75) is 17.8 Å². The normalized spacial score (nSPS) is 12.2. The number of rotatable bonds is 4. The van der Waals surface area contributed by atoms with E-state index in [4.69, 9.17) is 23.2 Å². The van der Waals surface area contributed by atoms with Crippen molar-refractivity contribution in [1.29, 1.82) is 0 Å². The van der Waals surface area contributed by atoms with Crippen molar-refractivity contribution in [3.8, 4) is 0 Å². The highest BCUT2D eigenvalue weighted by atomic mass is 35.5. The molecule has 0 aliphatic heterocycles. The fourth-order valence-corrected chi connectivity index (χ4v) is 2.30. The Kier molecular flexibility index (Phi) is 5.05. The van der Waals surface area contributed by atoms with Gasteiger partial charge in [-0.25, -0.2) is 0 Å². The van der Waals surface area contributed by atoms with Crippen LogP contribution >= 0.6 is 23.2 Å². The summed E-state index contributed by atoms with van der Waals surface area (Å²) in [4.78, 5) is 11.5. The Hall–Kier alpha value is -1.51. The molecule has 104 valence electrons. The molecular formula is C16H15Cl2NO. The summed E-state index contributed by atoms with van der Waals surface area (Å²) in [5.74, 6) is -0.192. The first kappa shape index (κ1) is 14.9. The second-order valence-corrected chi connectivity index (χ2v) is 5.73. The van der Waals surface area contributed by atoms with E-state index in [0.29, 0.717) is 5.56 Å². The zero-order chi connectivity index (χ0) is 14.5. The van der Waals surface area contributed by atoms with E-state index in [1.54, 1.807) is 12.1 Å². The second-order valence-electron chi connectivity index (χ2n) is 4.56. The summed E-state index contributed by atoms with van der Waals surface area (Å²) in [6.07, 6.45) is 0. The van der Waals surface area contributed by atoms with Crippen LogP contribution in [0.15, 0.2) is 54.6 Å². The molecule has 2 aromatic carbocycles. The largest absolute Gasteiger partial charge is 0.342 e.